The summed E-state index contributed by atoms with van der Waals surface area (Å²) in [5.74, 6) is 0.249. The van der Waals surface area contributed by atoms with E-state index in [1.54, 1.807) is 7.11 Å². The number of amides is 1. The van der Waals surface area contributed by atoms with E-state index in [1.807, 2.05) is 11.8 Å². The number of hydrogen-bond acceptors (Lipinski definition) is 5. The summed E-state index contributed by atoms with van der Waals surface area (Å²) in [6.07, 6.45) is 1.37. The molecular formula is C16H33Cl2N3O3. The molecule has 6 nitrogen and oxygen atoms in total. The number of β-amino-alcohol motifs (C(OH)–C–C–N with tert-alkyl or cyclic N) is 1. The second-order valence-electron chi connectivity index (χ2n) is 6.91. The second kappa shape index (κ2) is 10.8. The van der Waals surface area contributed by atoms with Crippen molar-refractivity contribution in [3.8, 4) is 0 Å². The molecule has 0 aromatic carbocycles. The minimum atomic E-state index is -0.355. The number of carbonyl (C=O) groups excluding carboxylic acids is 1. The maximum atomic E-state index is 13.1. The zero-order chi connectivity index (χ0) is 16.2. The third-order valence-corrected chi connectivity index (χ3v) is 4.99. The lowest BCUT2D eigenvalue weighted by atomic mass is 9.78. The second-order valence-corrected chi connectivity index (χ2v) is 6.91. The zero-order valence-electron chi connectivity index (χ0n) is 15.0. The zero-order valence-corrected chi connectivity index (χ0v) is 16.6. The van der Waals surface area contributed by atoms with Gasteiger partial charge in [-0.1, -0.05) is 0 Å². The third-order valence-electron chi connectivity index (χ3n) is 4.99. The highest BCUT2D eigenvalue weighted by atomic mass is 35.5. The molecule has 2 heterocycles. The Balaban J connectivity index is 0.00000264. The van der Waals surface area contributed by atoms with Crippen LogP contribution in [0, 0.1) is 5.41 Å². The van der Waals surface area contributed by atoms with Crippen molar-refractivity contribution in [2.75, 3.05) is 53.0 Å². The number of carbonyl (C=O) groups is 1. The Labute approximate surface area is 158 Å². The number of halogens is 2. The van der Waals surface area contributed by atoms with Crippen LogP contribution in [0.25, 0.3) is 0 Å². The number of nitrogens with one attached hydrogen (secondary N) is 1. The van der Waals surface area contributed by atoms with E-state index >= 15 is 0 Å². The lowest BCUT2D eigenvalue weighted by molar-refractivity contribution is -0.150. The topological polar surface area (TPSA) is 65.0 Å². The molecule has 24 heavy (non-hydrogen) atoms. The summed E-state index contributed by atoms with van der Waals surface area (Å²) in [6, 6.07) is 0.286. The summed E-state index contributed by atoms with van der Waals surface area (Å²) in [7, 11) is 1.68. The first kappa shape index (κ1) is 23.9. The van der Waals surface area contributed by atoms with Crippen molar-refractivity contribution in [2.45, 2.75) is 38.8 Å². The number of ether oxygens (including phenoxy) is 1. The molecule has 0 aliphatic carbocycles. The highest BCUT2D eigenvalue weighted by molar-refractivity contribution is 5.85. The van der Waals surface area contributed by atoms with E-state index in [9.17, 15) is 9.90 Å². The molecule has 0 aromatic rings. The molecule has 2 N–H and O–H groups in total. The molecule has 2 aliphatic heterocycles. The van der Waals surface area contributed by atoms with Gasteiger partial charge in [-0.2, -0.15) is 0 Å². The van der Waals surface area contributed by atoms with Gasteiger partial charge in [0.25, 0.3) is 0 Å². The fourth-order valence-corrected chi connectivity index (χ4v) is 3.73. The predicted octanol–water partition coefficient (Wildman–Crippen LogP) is 0.760. The molecule has 0 aromatic heterocycles. The number of nitrogens with zero attached hydrogens (tertiary/aromatic N) is 2. The highest BCUT2D eigenvalue weighted by Crippen LogP contribution is 2.32. The van der Waals surface area contributed by atoms with Crippen LogP contribution in [0.3, 0.4) is 0 Å². The number of aliphatic hydroxyl groups excluding tert-OH is 1. The molecule has 144 valence electrons. The summed E-state index contributed by atoms with van der Waals surface area (Å²) in [6.45, 7) is 9.21. The van der Waals surface area contributed by atoms with Crippen LogP contribution in [0.5, 0.6) is 0 Å². The van der Waals surface area contributed by atoms with Crippen molar-refractivity contribution in [1.29, 1.82) is 0 Å². The van der Waals surface area contributed by atoms with Crippen molar-refractivity contribution in [3.63, 3.8) is 0 Å². The van der Waals surface area contributed by atoms with Gasteiger partial charge in [0.2, 0.25) is 5.91 Å². The Kier molecular flexibility index (Phi) is 10.7. The Hall–Kier alpha value is -0.110. The van der Waals surface area contributed by atoms with Crippen LogP contribution in [0.15, 0.2) is 0 Å². The molecule has 2 atom stereocenters. The highest BCUT2D eigenvalue weighted by Gasteiger charge is 2.43. The smallest absolute Gasteiger partial charge is 0.231 e. The minimum absolute atomic E-state index is 0. The largest absolute Gasteiger partial charge is 0.392 e. The minimum Gasteiger partial charge on any atom is -0.392 e. The van der Waals surface area contributed by atoms with Gasteiger partial charge in [0.05, 0.1) is 18.1 Å². The average molecular weight is 386 g/mol. The van der Waals surface area contributed by atoms with Crippen LogP contribution in [0.2, 0.25) is 0 Å². The lowest BCUT2D eigenvalue weighted by Gasteiger charge is -2.45. The van der Waals surface area contributed by atoms with Gasteiger partial charge in [0, 0.05) is 39.3 Å². The molecule has 0 bridgehead atoms. The van der Waals surface area contributed by atoms with Crippen LogP contribution in [0.4, 0.5) is 0 Å². The van der Waals surface area contributed by atoms with Gasteiger partial charge in [0.15, 0.2) is 0 Å². The summed E-state index contributed by atoms with van der Waals surface area (Å²) in [5, 5.41) is 12.9. The first-order chi connectivity index (χ1) is 10.5. The number of aliphatic hydroxyl groups is 1. The van der Waals surface area contributed by atoms with Crippen molar-refractivity contribution < 1.29 is 14.6 Å². The fourth-order valence-electron chi connectivity index (χ4n) is 3.73. The van der Waals surface area contributed by atoms with Gasteiger partial charge < -0.3 is 20.1 Å². The summed E-state index contributed by atoms with van der Waals surface area (Å²) in [4.78, 5) is 17.4. The Morgan fingerprint density at radius 2 is 1.96 bits per heavy atom. The van der Waals surface area contributed by atoms with Crippen molar-refractivity contribution in [3.05, 3.63) is 0 Å². The van der Waals surface area contributed by atoms with Crippen LogP contribution in [-0.2, 0) is 9.53 Å². The maximum absolute atomic E-state index is 13.1. The van der Waals surface area contributed by atoms with Gasteiger partial charge in [-0.15, -0.1) is 24.8 Å². The first-order valence-corrected chi connectivity index (χ1v) is 8.39. The van der Waals surface area contributed by atoms with E-state index in [1.165, 1.54) is 0 Å². The van der Waals surface area contributed by atoms with E-state index < -0.39 is 0 Å². The Morgan fingerprint density at radius 3 is 2.46 bits per heavy atom. The fraction of sp³-hybridized carbons (Fsp3) is 0.938. The predicted molar refractivity (Wildman–Crippen MR) is 100 cm³/mol. The number of methoxy groups -OCH3 is 1. The van der Waals surface area contributed by atoms with Crippen LogP contribution in [0.1, 0.15) is 26.7 Å². The number of piperazine rings is 1. The average Bonchev–Trinajstić information content (AvgIpc) is 2.49. The summed E-state index contributed by atoms with van der Waals surface area (Å²) >= 11 is 0. The van der Waals surface area contributed by atoms with E-state index in [0.717, 1.165) is 45.6 Å². The number of rotatable bonds is 5. The maximum Gasteiger partial charge on any atom is 0.231 e. The Morgan fingerprint density at radius 1 is 1.33 bits per heavy atom. The van der Waals surface area contributed by atoms with Crippen molar-refractivity contribution >= 4 is 30.7 Å². The molecule has 2 unspecified atom stereocenters. The van der Waals surface area contributed by atoms with Gasteiger partial charge >= 0.3 is 0 Å². The monoisotopic (exact) mass is 385 g/mol. The third kappa shape index (κ3) is 5.71. The van der Waals surface area contributed by atoms with Crippen LogP contribution >= 0.6 is 24.8 Å². The molecule has 0 radical (unpaired) electrons. The number of piperidine rings is 1. The SMILES string of the molecule is COCC1(C(=O)N2CCN(CC(C)O)C(C)C2)CCNCC1.Cl.Cl. The molecule has 8 heteroatoms. The molecular weight excluding hydrogens is 353 g/mol. The summed E-state index contributed by atoms with van der Waals surface area (Å²) in [5.41, 5.74) is -0.355. The van der Waals surface area contributed by atoms with E-state index in [2.05, 4.69) is 17.1 Å². The van der Waals surface area contributed by atoms with Gasteiger partial charge in [-0.3, -0.25) is 9.69 Å². The molecule has 2 saturated heterocycles. The van der Waals surface area contributed by atoms with Crippen molar-refractivity contribution in [1.82, 2.24) is 15.1 Å². The van der Waals surface area contributed by atoms with Crippen LogP contribution < -0.4 is 5.32 Å². The molecule has 2 rings (SSSR count). The number of hydrogen-bond donors (Lipinski definition) is 2. The van der Waals surface area contributed by atoms with Gasteiger partial charge in [-0.05, 0) is 39.8 Å². The van der Waals surface area contributed by atoms with E-state index in [4.69, 9.17) is 4.74 Å². The molecule has 0 spiro atoms. The standard InChI is InChI=1S/C16H31N3O3.2ClH/c1-13-10-19(9-8-18(13)11-14(2)20)15(21)16(12-22-3)4-6-17-7-5-16;;/h13-14,17,20H,4-12H2,1-3H3;2*1H. The van der Waals surface area contributed by atoms with Gasteiger partial charge in [0.1, 0.15) is 0 Å². The summed E-state index contributed by atoms with van der Waals surface area (Å²) < 4.78 is 5.38. The normalized spacial score (nSPS) is 25.3. The molecule has 2 fully saturated rings. The molecule has 1 amide bonds. The van der Waals surface area contributed by atoms with Crippen molar-refractivity contribution in [2.24, 2.45) is 5.41 Å². The first-order valence-electron chi connectivity index (χ1n) is 8.39. The molecule has 2 aliphatic rings. The van der Waals surface area contributed by atoms with E-state index in [-0.39, 0.29) is 48.3 Å². The Bertz CT molecular complexity index is 374. The van der Waals surface area contributed by atoms with Gasteiger partial charge in [-0.25, -0.2) is 0 Å². The van der Waals surface area contributed by atoms with Crippen LogP contribution in [-0.4, -0.2) is 85.9 Å². The molecule has 0 saturated carbocycles. The van der Waals surface area contributed by atoms with E-state index in [0.29, 0.717) is 13.2 Å². The quantitative estimate of drug-likeness (QED) is 0.731. The lowest BCUT2D eigenvalue weighted by Crippen LogP contribution is -2.59.